The zero-order chi connectivity index (χ0) is 9.35. The lowest BCUT2D eigenvalue weighted by Gasteiger charge is -1.91. The Morgan fingerprint density at radius 1 is 1.67 bits per heavy atom. The van der Waals surface area contributed by atoms with E-state index < -0.39 is 10.0 Å². The third-order valence-corrected chi connectivity index (χ3v) is 2.55. The Kier molecular flexibility index (Phi) is 2.20. The highest BCUT2D eigenvalue weighted by Crippen LogP contribution is 2.10. The Hall–Kier alpha value is -0.880. The number of hydrogen-bond acceptors (Lipinski definition) is 3. The fraction of sp³-hybridized carbons (Fsp3) is 0.500. The Labute approximate surface area is 71.2 Å². The van der Waals surface area contributed by atoms with Gasteiger partial charge >= 0.3 is 0 Å². The maximum absolute atomic E-state index is 10.9. The van der Waals surface area contributed by atoms with Crippen LogP contribution < -0.4 is 5.14 Å². The fourth-order valence-electron chi connectivity index (χ4n) is 0.941. The molecule has 0 unspecified atom stereocenters. The van der Waals surface area contributed by atoms with Gasteiger partial charge in [-0.25, -0.2) is 13.6 Å². The van der Waals surface area contributed by atoms with Gasteiger partial charge in [0.2, 0.25) is 10.0 Å². The van der Waals surface area contributed by atoms with Crippen LogP contribution >= 0.6 is 0 Å². The number of hydrogen-bond donors (Lipinski definition) is 1. The van der Waals surface area contributed by atoms with Gasteiger partial charge in [-0.1, -0.05) is 0 Å². The van der Waals surface area contributed by atoms with Crippen molar-refractivity contribution in [3.8, 4) is 0 Å². The van der Waals surface area contributed by atoms with E-state index in [1.807, 2.05) is 6.92 Å². The van der Waals surface area contributed by atoms with Gasteiger partial charge < -0.3 is 0 Å². The molecule has 6 heteroatoms. The molecule has 2 N–H and O–H groups in total. The summed E-state index contributed by atoms with van der Waals surface area (Å²) in [5.41, 5.74) is 0.444. The normalized spacial score (nSPS) is 11.9. The molecule has 0 atom stereocenters. The molecule has 0 spiro atoms. The van der Waals surface area contributed by atoms with Crippen molar-refractivity contribution in [2.45, 2.75) is 25.3 Å². The van der Waals surface area contributed by atoms with E-state index in [9.17, 15) is 8.42 Å². The molecular weight excluding hydrogens is 178 g/mol. The van der Waals surface area contributed by atoms with E-state index >= 15 is 0 Å². The van der Waals surface area contributed by atoms with Gasteiger partial charge in [0.25, 0.3) is 0 Å². The summed E-state index contributed by atoms with van der Waals surface area (Å²) in [5, 5.41) is 8.90. The van der Waals surface area contributed by atoms with Gasteiger partial charge in [-0.05, 0) is 13.8 Å². The first-order valence-electron chi connectivity index (χ1n) is 3.52. The summed E-state index contributed by atoms with van der Waals surface area (Å²) in [6, 6.07) is 0. The second kappa shape index (κ2) is 2.87. The van der Waals surface area contributed by atoms with Crippen LogP contribution in [0.4, 0.5) is 0 Å². The largest absolute Gasteiger partial charge is 0.271 e. The minimum absolute atomic E-state index is 0.101. The maximum Gasteiger partial charge on any atom is 0.241 e. The number of aromatic nitrogens is 2. The quantitative estimate of drug-likeness (QED) is 0.703. The molecule has 5 nitrogen and oxygen atoms in total. The summed E-state index contributed by atoms with van der Waals surface area (Å²) < 4.78 is 23.4. The second-order valence-electron chi connectivity index (χ2n) is 2.48. The number of primary sulfonamides is 1. The van der Waals surface area contributed by atoms with Gasteiger partial charge in [0.15, 0.2) is 0 Å². The van der Waals surface area contributed by atoms with Crippen LogP contribution in [0.1, 0.15) is 12.6 Å². The molecule has 0 amide bonds. The minimum Gasteiger partial charge on any atom is -0.271 e. The van der Waals surface area contributed by atoms with E-state index in [4.69, 9.17) is 5.14 Å². The Bertz CT molecular complexity index is 379. The van der Waals surface area contributed by atoms with Crippen molar-refractivity contribution >= 4 is 10.0 Å². The number of aryl methyl sites for hydroxylation is 2. The lowest BCUT2D eigenvalue weighted by Crippen LogP contribution is -2.12. The first-order valence-corrected chi connectivity index (χ1v) is 5.06. The molecule has 0 aliphatic carbocycles. The number of nitrogens with zero attached hydrogens (tertiary/aromatic N) is 2. The van der Waals surface area contributed by atoms with Crippen molar-refractivity contribution in [3.63, 3.8) is 0 Å². The first kappa shape index (κ1) is 9.21. The first-order chi connectivity index (χ1) is 5.45. The molecule has 12 heavy (non-hydrogen) atoms. The SMILES string of the molecule is CCn1cc(S(N)(=O)=O)c(C)n1. The van der Waals surface area contributed by atoms with Gasteiger partial charge in [-0.15, -0.1) is 0 Å². The average molecular weight is 189 g/mol. The molecule has 0 aromatic carbocycles. The van der Waals surface area contributed by atoms with Crippen molar-refractivity contribution in [1.82, 2.24) is 9.78 Å². The van der Waals surface area contributed by atoms with Crippen LogP contribution in [0.3, 0.4) is 0 Å². The van der Waals surface area contributed by atoms with Gasteiger partial charge in [0.05, 0.1) is 5.69 Å². The highest BCUT2D eigenvalue weighted by molar-refractivity contribution is 7.89. The molecule has 1 heterocycles. The van der Waals surface area contributed by atoms with Crippen molar-refractivity contribution in [2.75, 3.05) is 0 Å². The molecule has 1 rings (SSSR count). The molecule has 0 fully saturated rings. The third-order valence-electron chi connectivity index (χ3n) is 1.53. The van der Waals surface area contributed by atoms with Crippen LogP contribution in [-0.4, -0.2) is 18.2 Å². The van der Waals surface area contributed by atoms with Gasteiger partial charge in [-0.3, -0.25) is 4.68 Å². The smallest absolute Gasteiger partial charge is 0.241 e. The Morgan fingerprint density at radius 3 is 2.50 bits per heavy atom. The molecule has 1 aromatic heterocycles. The van der Waals surface area contributed by atoms with Crippen LogP contribution in [0.15, 0.2) is 11.1 Å². The number of nitrogens with two attached hydrogens (primary N) is 1. The zero-order valence-electron chi connectivity index (χ0n) is 6.98. The van der Waals surface area contributed by atoms with E-state index in [2.05, 4.69) is 5.10 Å². The Balaban J connectivity index is 3.27. The molecule has 0 aliphatic rings. The van der Waals surface area contributed by atoms with E-state index in [1.54, 1.807) is 6.92 Å². The second-order valence-corrected chi connectivity index (χ2v) is 4.01. The molecular formula is C6H11N3O2S. The van der Waals surface area contributed by atoms with Crippen LogP contribution in [0.2, 0.25) is 0 Å². The lowest BCUT2D eigenvalue weighted by atomic mass is 10.5. The van der Waals surface area contributed by atoms with Crippen molar-refractivity contribution < 1.29 is 8.42 Å². The standard InChI is InChI=1S/C6H11N3O2S/c1-3-9-4-6(5(2)8-9)12(7,10)11/h4H,3H2,1-2H3,(H2,7,10,11). The summed E-state index contributed by atoms with van der Waals surface area (Å²) >= 11 is 0. The van der Waals surface area contributed by atoms with Crippen LogP contribution in [0.5, 0.6) is 0 Å². The van der Waals surface area contributed by atoms with Crippen LogP contribution in [-0.2, 0) is 16.6 Å². The highest BCUT2D eigenvalue weighted by Gasteiger charge is 2.14. The number of sulfonamides is 1. The van der Waals surface area contributed by atoms with Gasteiger partial charge in [0, 0.05) is 12.7 Å². The van der Waals surface area contributed by atoms with Crippen molar-refractivity contribution in [3.05, 3.63) is 11.9 Å². The maximum atomic E-state index is 10.9. The molecule has 68 valence electrons. The van der Waals surface area contributed by atoms with E-state index in [0.717, 1.165) is 0 Å². The highest BCUT2D eigenvalue weighted by atomic mass is 32.2. The summed E-state index contributed by atoms with van der Waals surface area (Å²) in [4.78, 5) is 0.101. The summed E-state index contributed by atoms with van der Waals surface area (Å²) in [5.74, 6) is 0. The van der Waals surface area contributed by atoms with Gasteiger partial charge in [0.1, 0.15) is 4.90 Å². The molecule has 0 saturated carbocycles. The predicted octanol–water partition coefficient (Wildman–Crippen LogP) is -0.141. The third kappa shape index (κ3) is 1.64. The summed E-state index contributed by atoms with van der Waals surface area (Å²) in [6.45, 7) is 4.13. The van der Waals surface area contributed by atoms with Crippen molar-refractivity contribution in [1.29, 1.82) is 0 Å². The van der Waals surface area contributed by atoms with Crippen LogP contribution in [0, 0.1) is 6.92 Å². The van der Waals surface area contributed by atoms with Gasteiger partial charge in [-0.2, -0.15) is 5.10 Å². The average Bonchev–Trinajstić information content (AvgIpc) is 2.29. The van der Waals surface area contributed by atoms with Crippen LogP contribution in [0.25, 0.3) is 0 Å². The van der Waals surface area contributed by atoms with E-state index in [0.29, 0.717) is 12.2 Å². The Morgan fingerprint density at radius 2 is 2.25 bits per heavy atom. The number of rotatable bonds is 2. The molecule has 0 saturated heterocycles. The fourth-order valence-corrected chi connectivity index (χ4v) is 1.66. The zero-order valence-corrected chi connectivity index (χ0v) is 7.80. The topological polar surface area (TPSA) is 78.0 Å². The predicted molar refractivity (Wildman–Crippen MR) is 44.0 cm³/mol. The molecule has 0 bridgehead atoms. The molecule has 0 radical (unpaired) electrons. The van der Waals surface area contributed by atoms with E-state index in [-0.39, 0.29) is 4.90 Å². The van der Waals surface area contributed by atoms with E-state index in [1.165, 1.54) is 10.9 Å². The molecule has 0 aliphatic heterocycles. The lowest BCUT2D eigenvalue weighted by molar-refractivity contribution is 0.597. The molecule has 1 aromatic rings. The summed E-state index contributed by atoms with van der Waals surface area (Å²) in [6.07, 6.45) is 1.44. The summed E-state index contributed by atoms with van der Waals surface area (Å²) in [7, 11) is -3.61. The van der Waals surface area contributed by atoms with Crippen molar-refractivity contribution in [2.24, 2.45) is 5.14 Å². The minimum atomic E-state index is -3.61. The monoisotopic (exact) mass is 189 g/mol.